The van der Waals surface area contributed by atoms with Crippen molar-refractivity contribution < 1.29 is 4.42 Å². The van der Waals surface area contributed by atoms with E-state index in [1.165, 1.54) is 31.5 Å². The summed E-state index contributed by atoms with van der Waals surface area (Å²) in [7, 11) is 0. The Morgan fingerprint density at radius 3 is 2.45 bits per heavy atom. The Labute approximate surface area is 128 Å². The second-order valence-corrected chi connectivity index (χ2v) is 6.79. The van der Waals surface area contributed by atoms with Gasteiger partial charge in [-0.3, -0.25) is 0 Å². The third kappa shape index (κ3) is 2.19. The Morgan fingerprint density at radius 2 is 1.73 bits per heavy atom. The summed E-state index contributed by atoms with van der Waals surface area (Å²) >= 11 is 0. The fourth-order valence-electron chi connectivity index (χ4n) is 3.36. The van der Waals surface area contributed by atoms with Crippen LogP contribution in [0.25, 0.3) is 0 Å². The second kappa shape index (κ2) is 4.79. The molecule has 22 heavy (non-hydrogen) atoms. The highest BCUT2D eigenvalue weighted by molar-refractivity contribution is 5.26. The molecule has 1 aliphatic heterocycles. The predicted octanol–water partition coefficient (Wildman–Crippen LogP) is 2.26. The molecule has 3 aliphatic rings. The Kier molecular flexibility index (Phi) is 2.75. The van der Waals surface area contributed by atoms with Gasteiger partial charge in [0, 0.05) is 31.0 Å². The van der Waals surface area contributed by atoms with Gasteiger partial charge in [0.1, 0.15) is 12.2 Å². The topological polar surface area (TPSA) is 72.9 Å². The molecule has 0 radical (unpaired) electrons. The van der Waals surface area contributed by atoms with Crippen LogP contribution in [0.5, 0.6) is 0 Å². The standard InChI is InChI=1S/C15H20N6O/c1-2-11(1)14-18-19-15(22-14)20-7-5-10(6-8-20)13-17-16-9-21(13)12-3-4-12/h9-12H,1-8H2. The van der Waals surface area contributed by atoms with Crippen LogP contribution < -0.4 is 4.90 Å². The molecule has 2 aromatic rings. The van der Waals surface area contributed by atoms with E-state index in [1.807, 2.05) is 6.33 Å². The molecule has 7 nitrogen and oxygen atoms in total. The first kappa shape index (κ1) is 12.6. The minimum Gasteiger partial charge on any atom is -0.408 e. The first-order valence-electron chi connectivity index (χ1n) is 8.36. The van der Waals surface area contributed by atoms with Crippen molar-refractivity contribution in [1.29, 1.82) is 0 Å². The number of nitrogens with zero attached hydrogens (tertiary/aromatic N) is 6. The lowest BCUT2D eigenvalue weighted by Crippen LogP contribution is -2.33. The summed E-state index contributed by atoms with van der Waals surface area (Å²) in [6, 6.07) is 1.35. The average Bonchev–Trinajstić information content (AvgIpc) is 3.49. The summed E-state index contributed by atoms with van der Waals surface area (Å²) in [5.41, 5.74) is 0. The van der Waals surface area contributed by atoms with E-state index in [4.69, 9.17) is 4.42 Å². The number of piperidine rings is 1. The molecule has 0 amide bonds. The second-order valence-electron chi connectivity index (χ2n) is 6.79. The Hall–Kier alpha value is -1.92. The lowest BCUT2D eigenvalue weighted by Gasteiger charge is -2.30. The summed E-state index contributed by atoms with van der Waals surface area (Å²) in [4.78, 5) is 2.22. The largest absolute Gasteiger partial charge is 0.408 e. The van der Waals surface area contributed by atoms with Crippen molar-refractivity contribution in [3.8, 4) is 0 Å². The van der Waals surface area contributed by atoms with E-state index in [1.54, 1.807) is 0 Å². The molecule has 7 heteroatoms. The molecular weight excluding hydrogens is 280 g/mol. The molecule has 0 atom stereocenters. The molecule has 0 aromatic carbocycles. The van der Waals surface area contributed by atoms with E-state index in [-0.39, 0.29) is 0 Å². The van der Waals surface area contributed by atoms with Crippen LogP contribution in [0.15, 0.2) is 10.7 Å². The van der Waals surface area contributed by atoms with E-state index < -0.39 is 0 Å². The molecule has 116 valence electrons. The highest BCUT2D eigenvalue weighted by Gasteiger charge is 2.33. The predicted molar refractivity (Wildman–Crippen MR) is 78.8 cm³/mol. The number of rotatable bonds is 4. The van der Waals surface area contributed by atoms with E-state index in [0.717, 1.165) is 31.8 Å². The van der Waals surface area contributed by atoms with Crippen molar-refractivity contribution >= 4 is 6.01 Å². The third-order valence-electron chi connectivity index (χ3n) is 5.03. The van der Waals surface area contributed by atoms with Gasteiger partial charge < -0.3 is 13.9 Å². The lowest BCUT2D eigenvalue weighted by molar-refractivity contribution is 0.425. The van der Waals surface area contributed by atoms with Gasteiger partial charge in [-0.05, 0) is 38.5 Å². The number of aromatic nitrogens is 5. The van der Waals surface area contributed by atoms with Crippen LogP contribution >= 0.6 is 0 Å². The van der Waals surface area contributed by atoms with Crippen LogP contribution in [0.1, 0.15) is 68.1 Å². The van der Waals surface area contributed by atoms with E-state index >= 15 is 0 Å². The molecule has 2 aliphatic carbocycles. The summed E-state index contributed by atoms with van der Waals surface area (Å²) in [5, 5.41) is 16.9. The molecular formula is C15H20N6O. The number of hydrogen-bond donors (Lipinski definition) is 0. The van der Waals surface area contributed by atoms with E-state index in [2.05, 4.69) is 29.9 Å². The third-order valence-corrected chi connectivity index (χ3v) is 5.03. The van der Waals surface area contributed by atoms with Gasteiger partial charge in [0.15, 0.2) is 0 Å². The quantitative estimate of drug-likeness (QED) is 0.862. The lowest BCUT2D eigenvalue weighted by atomic mass is 9.96. The van der Waals surface area contributed by atoms with Crippen molar-refractivity contribution in [2.45, 2.75) is 56.4 Å². The fraction of sp³-hybridized carbons (Fsp3) is 0.733. The monoisotopic (exact) mass is 300 g/mol. The van der Waals surface area contributed by atoms with Crippen molar-refractivity contribution in [1.82, 2.24) is 25.0 Å². The zero-order valence-electron chi connectivity index (χ0n) is 12.6. The maximum atomic E-state index is 5.82. The molecule has 3 heterocycles. The van der Waals surface area contributed by atoms with Crippen molar-refractivity contribution in [2.75, 3.05) is 18.0 Å². The number of anilines is 1. The minimum absolute atomic E-state index is 0.505. The van der Waals surface area contributed by atoms with Crippen LogP contribution in [-0.2, 0) is 0 Å². The minimum atomic E-state index is 0.505. The summed E-state index contributed by atoms with van der Waals surface area (Å²) in [5.74, 6) is 3.03. The van der Waals surface area contributed by atoms with Gasteiger partial charge in [0.05, 0.1) is 0 Å². The van der Waals surface area contributed by atoms with Crippen LogP contribution in [0.2, 0.25) is 0 Å². The van der Waals surface area contributed by atoms with E-state index in [0.29, 0.717) is 23.9 Å². The van der Waals surface area contributed by atoms with Gasteiger partial charge in [0.2, 0.25) is 5.89 Å². The summed E-state index contributed by atoms with van der Waals surface area (Å²) in [6.45, 7) is 1.91. The first-order valence-corrected chi connectivity index (χ1v) is 8.36. The molecule has 1 saturated heterocycles. The zero-order chi connectivity index (χ0) is 14.5. The van der Waals surface area contributed by atoms with Gasteiger partial charge in [-0.2, -0.15) is 0 Å². The van der Waals surface area contributed by atoms with Crippen LogP contribution in [0.3, 0.4) is 0 Å². The van der Waals surface area contributed by atoms with Crippen LogP contribution in [-0.4, -0.2) is 38.1 Å². The zero-order valence-corrected chi connectivity index (χ0v) is 12.6. The fourth-order valence-corrected chi connectivity index (χ4v) is 3.36. The molecule has 0 spiro atoms. The normalized spacial score (nSPS) is 23.2. The van der Waals surface area contributed by atoms with Crippen molar-refractivity contribution in [3.05, 3.63) is 18.0 Å². The highest BCUT2D eigenvalue weighted by atomic mass is 16.4. The number of hydrogen-bond acceptors (Lipinski definition) is 6. The molecule has 2 saturated carbocycles. The molecule has 0 N–H and O–H groups in total. The first-order chi connectivity index (χ1) is 10.9. The summed E-state index contributed by atoms with van der Waals surface area (Å²) in [6.07, 6.45) is 8.99. The SMILES string of the molecule is c1nnc(C2CCN(c3nnc(C4CC4)o3)CC2)n1C1CC1. The Morgan fingerprint density at radius 1 is 0.909 bits per heavy atom. The van der Waals surface area contributed by atoms with Gasteiger partial charge in [-0.1, -0.05) is 5.10 Å². The maximum Gasteiger partial charge on any atom is 0.318 e. The molecule has 3 fully saturated rings. The highest BCUT2D eigenvalue weighted by Crippen LogP contribution is 2.41. The molecule has 2 aromatic heterocycles. The Balaban J connectivity index is 1.27. The van der Waals surface area contributed by atoms with Crippen molar-refractivity contribution in [2.24, 2.45) is 0 Å². The van der Waals surface area contributed by atoms with Gasteiger partial charge in [0.25, 0.3) is 0 Å². The van der Waals surface area contributed by atoms with Crippen LogP contribution in [0.4, 0.5) is 6.01 Å². The maximum absolute atomic E-state index is 5.82. The summed E-state index contributed by atoms with van der Waals surface area (Å²) < 4.78 is 8.11. The van der Waals surface area contributed by atoms with Gasteiger partial charge in [-0.15, -0.1) is 15.3 Å². The average molecular weight is 300 g/mol. The van der Waals surface area contributed by atoms with Gasteiger partial charge >= 0.3 is 6.01 Å². The molecule has 0 unspecified atom stereocenters. The molecule has 5 rings (SSSR count). The van der Waals surface area contributed by atoms with Crippen molar-refractivity contribution in [3.63, 3.8) is 0 Å². The Bertz CT molecular complexity index is 663. The molecule has 0 bridgehead atoms. The van der Waals surface area contributed by atoms with Gasteiger partial charge in [-0.25, -0.2) is 0 Å². The van der Waals surface area contributed by atoms with E-state index in [9.17, 15) is 0 Å². The smallest absolute Gasteiger partial charge is 0.318 e. The van der Waals surface area contributed by atoms with Crippen LogP contribution in [0, 0.1) is 0 Å².